The summed E-state index contributed by atoms with van der Waals surface area (Å²) in [6.07, 6.45) is 26.1. The Labute approximate surface area is 398 Å². The minimum Gasteiger partial charge on any atom is -0.394 e. The number of aliphatic hydroxyl groups excluding tert-OH is 8. The van der Waals surface area contributed by atoms with Crippen LogP contribution in [0.5, 0.6) is 0 Å². The van der Waals surface area contributed by atoms with Crippen molar-refractivity contribution in [1.82, 2.24) is 5.32 Å². The van der Waals surface area contributed by atoms with Gasteiger partial charge in [-0.25, -0.2) is 0 Å². The normalized spacial score (nSPS) is 26.9. The molecule has 0 aromatic carbocycles. The molecular weight excluding hydrogens is 847 g/mol. The predicted octanol–water partition coefficient (Wildman–Crippen LogP) is 7.33. The second kappa shape index (κ2) is 39.2. The lowest BCUT2D eigenvalue weighted by Crippen LogP contribution is -2.65. The molecule has 0 aromatic heterocycles. The summed E-state index contributed by atoms with van der Waals surface area (Å²) < 4.78 is 22.8. The molecule has 388 valence electrons. The first kappa shape index (κ1) is 60.6. The molecule has 12 unspecified atom stereocenters. The van der Waals surface area contributed by atoms with E-state index in [4.69, 9.17) is 18.9 Å². The van der Waals surface area contributed by atoms with E-state index in [1.165, 1.54) is 96.3 Å². The highest BCUT2D eigenvalue weighted by Crippen LogP contribution is 2.30. The van der Waals surface area contributed by atoms with Crippen molar-refractivity contribution < 1.29 is 64.6 Å². The molecular formula is C52H97NO13. The number of hydrogen-bond acceptors (Lipinski definition) is 13. The number of carbonyl (C=O) groups excluding carboxylic acids is 1. The van der Waals surface area contributed by atoms with Crippen LogP contribution >= 0.6 is 0 Å². The van der Waals surface area contributed by atoms with Gasteiger partial charge in [-0.2, -0.15) is 0 Å². The van der Waals surface area contributed by atoms with Gasteiger partial charge in [0.1, 0.15) is 48.8 Å². The Kier molecular flexibility index (Phi) is 36.0. The Balaban J connectivity index is 1.81. The highest BCUT2D eigenvalue weighted by atomic mass is 16.7. The molecule has 2 heterocycles. The highest BCUT2D eigenvalue weighted by Gasteiger charge is 2.51. The Bertz CT molecular complexity index is 1210. The third kappa shape index (κ3) is 25.9. The van der Waals surface area contributed by atoms with Gasteiger partial charge in [0.15, 0.2) is 12.6 Å². The second-order valence-corrected chi connectivity index (χ2v) is 19.0. The molecule has 0 bridgehead atoms. The van der Waals surface area contributed by atoms with Gasteiger partial charge in [0, 0.05) is 6.42 Å². The molecule has 0 aromatic rings. The third-order valence-corrected chi connectivity index (χ3v) is 13.2. The monoisotopic (exact) mass is 944 g/mol. The molecule has 2 aliphatic heterocycles. The van der Waals surface area contributed by atoms with Crippen LogP contribution in [0.25, 0.3) is 0 Å². The molecule has 66 heavy (non-hydrogen) atoms. The van der Waals surface area contributed by atoms with E-state index >= 15 is 0 Å². The van der Waals surface area contributed by atoms with Gasteiger partial charge in [0.05, 0.1) is 32.0 Å². The molecule has 2 aliphatic rings. The molecule has 2 fully saturated rings. The van der Waals surface area contributed by atoms with Crippen molar-refractivity contribution in [2.45, 2.75) is 280 Å². The van der Waals surface area contributed by atoms with Crippen LogP contribution < -0.4 is 5.32 Å². The Morgan fingerprint density at radius 3 is 1.58 bits per heavy atom. The van der Waals surface area contributed by atoms with Gasteiger partial charge < -0.3 is 65.1 Å². The Hall–Kier alpha value is -1.53. The van der Waals surface area contributed by atoms with E-state index in [9.17, 15) is 45.6 Å². The fraction of sp³-hybridized carbons (Fsp3) is 0.904. The van der Waals surface area contributed by atoms with Gasteiger partial charge in [-0.15, -0.1) is 0 Å². The van der Waals surface area contributed by atoms with Crippen molar-refractivity contribution in [2.24, 2.45) is 0 Å². The fourth-order valence-electron chi connectivity index (χ4n) is 8.80. The summed E-state index contributed by atoms with van der Waals surface area (Å²) in [5.74, 6) is -0.221. The lowest BCUT2D eigenvalue weighted by atomic mass is 9.97. The van der Waals surface area contributed by atoms with Crippen LogP contribution in [0, 0.1) is 0 Å². The Morgan fingerprint density at radius 1 is 0.545 bits per heavy atom. The number of allylic oxidation sites excluding steroid dienone is 4. The summed E-state index contributed by atoms with van der Waals surface area (Å²) in [7, 11) is 0. The van der Waals surface area contributed by atoms with E-state index in [0.717, 1.165) is 77.0 Å². The van der Waals surface area contributed by atoms with Crippen molar-refractivity contribution >= 4 is 5.91 Å². The minimum atomic E-state index is -1.78. The lowest BCUT2D eigenvalue weighted by Gasteiger charge is -2.46. The number of carbonyl (C=O) groups is 1. The topological polar surface area (TPSA) is 228 Å². The number of ether oxygens (including phenoxy) is 4. The van der Waals surface area contributed by atoms with Gasteiger partial charge in [-0.1, -0.05) is 186 Å². The maximum absolute atomic E-state index is 13.2. The first-order chi connectivity index (χ1) is 32.1. The highest BCUT2D eigenvalue weighted by molar-refractivity contribution is 5.76. The Morgan fingerprint density at radius 2 is 1.03 bits per heavy atom. The average molecular weight is 944 g/mol. The van der Waals surface area contributed by atoms with Crippen molar-refractivity contribution in [2.75, 3.05) is 19.8 Å². The molecule has 12 atom stereocenters. The van der Waals surface area contributed by atoms with Gasteiger partial charge in [0.25, 0.3) is 0 Å². The zero-order valence-corrected chi connectivity index (χ0v) is 41.2. The van der Waals surface area contributed by atoms with Crippen LogP contribution in [0.4, 0.5) is 0 Å². The first-order valence-electron chi connectivity index (χ1n) is 26.6. The van der Waals surface area contributed by atoms with Crippen molar-refractivity contribution in [3.63, 3.8) is 0 Å². The second-order valence-electron chi connectivity index (χ2n) is 19.0. The molecule has 1 amide bonds. The van der Waals surface area contributed by atoms with Crippen molar-refractivity contribution in [3.8, 4) is 0 Å². The SMILES string of the molecule is CCC/C=C\C/C=C\CCCCCCCC(=O)NC(COC1OC(CO)C(OC2OC(CO)C(O)C(O)C2O)C(O)C1O)C(O)CCCCCCCCCCCCCCCCCCCCC. The van der Waals surface area contributed by atoms with E-state index in [1.807, 2.05) is 0 Å². The zero-order valence-electron chi connectivity index (χ0n) is 41.2. The summed E-state index contributed by atoms with van der Waals surface area (Å²) >= 11 is 0. The van der Waals surface area contributed by atoms with E-state index < -0.39 is 86.8 Å². The summed E-state index contributed by atoms with van der Waals surface area (Å²) in [5.41, 5.74) is 0. The lowest BCUT2D eigenvalue weighted by molar-refractivity contribution is -0.359. The minimum absolute atomic E-state index is 0.221. The number of nitrogens with one attached hydrogen (secondary N) is 1. The number of unbranched alkanes of at least 4 members (excludes halogenated alkanes) is 24. The number of aliphatic hydroxyl groups is 8. The number of rotatable bonds is 41. The van der Waals surface area contributed by atoms with Crippen molar-refractivity contribution in [3.05, 3.63) is 24.3 Å². The van der Waals surface area contributed by atoms with Gasteiger partial charge in [-0.3, -0.25) is 4.79 Å². The van der Waals surface area contributed by atoms with Crippen molar-refractivity contribution in [1.29, 1.82) is 0 Å². The van der Waals surface area contributed by atoms with Crippen LogP contribution in [-0.4, -0.2) is 140 Å². The van der Waals surface area contributed by atoms with E-state index in [0.29, 0.717) is 12.8 Å². The maximum atomic E-state index is 13.2. The van der Waals surface area contributed by atoms with E-state index in [-0.39, 0.29) is 18.9 Å². The van der Waals surface area contributed by atoms with E-state index in [2.05, 4.69) is 43.5 Å². The summed E-state index contributed by atoms with van der Waals surface area (Å²) in [4.78, 5) is 13.2. The molecule has 0 aliphatic carbocycles. The molecule has 2 rings (SSSR count). The van der Waals surface area contributed by atoms with Gasteiger partial charge in [0.2, 0.25) is 5.91 Å². The summed E-state index contributed by atoms with van der Waals surface area (Å²) in [5, 5.41) is 86.9. The fourth-order valence-corrected chi connectivity index (χ4v) is 8.80. The molecule has 0 spiro atoms. The molecule has 0 saturated carbocycles. The maximum Gasteiger partial charge on any atom is 0.220 e. The molecule has 9 N–H and O–H groups in total. The zero-order chi connectivity index (χ0) is 48.2. The molecule has 2 saturated heterocycles. The number of amides is 1. The molecule has 14 heteroatoms. The molecule has 0 radical (unpaired) electrons. The van der Waals surface area contributed by atoms with E-state index in [1.54, 1.807) is 0 Å². The largest absolute Gasteiger partial charge is 0.394 e. The van der Waals surface area contributed by atoms with Gasteiger partial charge in [-0.05, 0) is 38.5 Å². The first-order valence-corrected chi connectivity index (χ1v) is 26.6. The van der Waals surface area contributed by atoms with Gasteiger partial charge >= 0.3 is 0 Å². The summed E-state index contributed by atoms with van der Waals surface area (Å²) in [6, 6.07) is -0.833. The van der Waals surface area contributed by atoms with Crippen LogP contribution in [0.3, 0.4) is 0 Å². The predicted molar refractivity (Wildman–Crippen MR) is 258 cm³/mol. The van der Waals surface area contributed by atoms with Crippen LogP contribution in [0.2, 0.25) is 0 Å². The quantitative estimate of drug-likeness (QED) is 0.0216. The standard InChI is InChI=1S/C52H97NO13/c1-3-5-7-9-11-13-15-17-18-19-20-21-22-24-25-27-29-31-33-35-41(56)40(53-44(57)36-34-32-30-28-26-23-16-14-12-10-8-6-4-2)39-63-51-49(62)47(60)50(43(38-55)65-51)66-52-48(61)46(59)45(58)42(37-54)64-52/h8,10,14,16,40-43,45-52,54-56,58-62H,3-7,9,11-13,15,17-39H2,1-2H3,(H,53,57)/b10-8-,16-14-. The van der Waals surface area contributed by atoms with Crippen LogP contribution in [0.15, 0.2) is 24.3 Å². The molecule has 14 nitrogen and oxygen atoms in total. The van der Waals surface area contributed by atoms with Crippen LogP contribution in [-0.2, 0) is 23.7 Å². The average Bonchev–Trinajstić information content (AvgIpc) is 3.31. The summed E-state index contributed by atoms with van der Waals surface area (Å²) in [6.45, 7) is 2.78. The third-order valence-electron chi connectivity index (χ3n) is 13.2. The van der Waals surface area contributed by atoms with Crippen LogP contribution in [0.1, 0.15) is 206 Å². The number of hydrogen-bond donors (Lipinski definition) is 9. The smallest absolute Gasteiger partial charge is 0.220 e.